The van der Waals surface area contributed by atoms with Crippen molar-refractivity contribution in [2.45, 2.75) is 44.6 Å². The number of nitrogens with two attached hydrogens (primary N) is 1. The molecular formula is C13H22N2O2S2. The van der Waals surface area contributed by atoms with Crippen LogP contribution in [0.3, 0.4) is 0 Å². The quantitative estimate of drug-likeness (QED) is 0.928. The molecule has 0 aliphatic carbocycles. The summed E-state index contributed by atoms with van der Waals surface area (Å²) >= 11 is 1.44. The van der Waals surface area contributed by atoms with Crippen LogP contribution in [-0.2, 0) is 16.6 Å². The summed E-state index contributed by atoms with van der Waals surface area (Å²) in [5.41, 5.74) is 6.48. The van der Waals surface area contributed by atoms with E-state index >= 15 is 0 Å². The van der Waals surface area contributed by atoms with Crippen molar-refractivity contribution in [2.75, 3.05) is 13.1 Å². The van der Waals surface area contributed by atoms with Crippen LogP contribution < -0.4 is 5.73 Å². The highest BCUT2D eigenvalue weighted by Gasteiger charge is 2.32. The van der Waals surface area contributed by atoms with E-state index in [1.165, 1.54) is 11.3 Å². The van der Waals surface area contributed by atoms with Gasteiger partial charge in [-0.2, -0.15) is 4.31 Å². The van der Waals surface area contributed by atoms with Gasteiger partial charge in [-0.25, -0.2) is 8.42 Å². The molecule has 0 saturated carbocycles. The zero-order chi connectivity index (χ0) is 14.0. The summed E-state index contributed by atoms with van der Waals surface area (Å²) in [7, 11) is -3.36. The maximum Gasteiger partial charge on any atom is 0.244 e. The standard InChI is InChI=1S/C13H22N2O2S2/c1-3-11-4-6-15(7-5-11)19(16,17)13-10(2)9-18-12(13)8-14/h9,11H,3-8,14H2,1-2H3. The molecule has 2 rings (SSSR count). The Hall–Kier alpha value is -0.430. The molecule has 0 bridgehead atoms. The molecule has 4 nitrogen and oxygen atoms in total. The van der Waals surface area contributed by atoms with Gasteiger partial charge in [0.2, 0.25) is 10.0 Å². The fourth-order valence-electron chi connectivity index (χ4n) is 2.66. The van der Waals surface area contributed by atoms with Crippen LogP contribution in [0.15, 0.2) is 10.3 Å². The van der Waals surface area contributed by atoms with Crippen molar-refractivity contribution in [3.05, 3.63) is 15.8 Å². The highest BCUT2D eigenvalue weighted by atomic mass is 32.2. The summed E-state index contributed by atoms with van der Waals surface area (Å²) in [6, 6.07) is 0. The van der Waals surface area contributed by atoms with E-state index in [1.54, 1.807) is 4.31 Å². The third-order valence-electron chi connectivity index (χ3n) is 3.92. The Labute approximate surface area is 119 Å². The fraction of sp³-hybridized carbons (Fsp3) is 0.692. The molecule has 0 amide bonds. The molecule has 108 valence electrons. The molecule has 0 atom stereocenters. The Morgan fingerprint density at radius 1 is 1.42 bits per heavy atom. The van der Waals surface area contributed by atoms with E-state index in [0.29, 0.717) is 30.4 Å². The zero-order valence-electron chi connectivity index (χ0n) is 11.6. The third-order valence-corrected chi connectivity index (χ3v) is 7.31. The number of hydrogen-bond donors (Lipinski definition) is 1. The second-order valence-electron chi connectivity index (χ2n) is 5.13. The normalized spacial score (nSPS) is 18.9. The summed E-state index contributed by atoms with van der Waals surface area (Å²) in [5, 5.41) is 1.88. The number of aryl methyl sites for hydroxylation is 1. The predicted molar refractivity (Wildman–Crippen MR) is 78.7 cm³/mol. The van der Waals surface area contributed by atoms with Gasteiger partial charge in [-0.3, -0.25) is 0 Å². The lowest BCUT2D eigenvalue weighted by molar-refractivity contribution is 0.269. The number of nitrogens with zero attached hydrogens (tertiary/aromatic N) is 1. The molecule has 19 heavy (non-hydrogen) atoms. The summed E-state index contributed by atoms with van der Waals surface area (Å²) in [6.07, 6.45) is 3.08. The summed E-state index contributed by atoms with van der Waals surface area (Å²) in [6.45, 7) is 5.59. The largest absolute Gasteiger partial charge is 0.326 e. The Kier molecular flexibility index (Phi) is 4.66. The molecular weight excluding hydrogens is 280 g/mol. The molecule has 1 aliphatic rings. The molecule has 1 fully saturated rings. The molecule has 0 radical (unpaired) electrons. The number of piperidine rings is 1. The Morgan fingerprint density at radius 3 is 2.58 bits per heavy atom. The van der Waals surface area contributed by atoms with Crippen molar-refractivity contribution in [1.29, 1.82) is 0 Å². The maximum atomic E-state index is 12.7. The Balaban J connectivity index is 2.26. The predicted octanol–water partition coefficient (Wildman–Crippen LogP) is 2.33. The van der Waals surface area contributed by atoms with E-state index < -0.39 is 10.0 Å². The first kappa shape index (κ1) is 15.0. The first-order valence-corrected chi connectivity index (χ1v) is 9.09. The molecule has 1 aromatic heterocycles. The van der Waals surface area contributed by atoms with Crippen LogP contribution in [0.5, 0.6) is 0 Å². The number of sulfonamides is 1. The van der Waals surface area contributed by atoms with Gasteiger partial charge < -0.3 is 5.73 Å². The van der Waals surface area contributed by atoms with E-state index in [0.717, 1.165) is 29.7 Å². The maximum absolute atomic E-state index is 12.7. The SMILES string of the molecule is CCC1CCN(S(=O)(=O)c2c(C)csc2CN)CC1. The summed E-state index contributed by atoms with van der Waals surface area (Å²) in [4.78, 5) is 1.23. The minimum absolute atomic E-state index is 0.290. The van der Waals surface area contributed by atoms with E-state index in [4.69, 9.17) is 5.73 Å². The lowest BCUT2D eigenvalue weighted by atomic mass is 9.96. The molecule has 1 saturated heterocycles. The first-order chi connectivity index (χ1) is 9.00. The molecule has 0 spiro atoms. The van der Waals surface area contributed by atoms with Gasteiger partial charge in [-0.15, -0.1) is 11.3 Å². The minimum Gasteiger partial charge on any atom is -0.326 e. The van der Waals surface area contributed by atoms with E-state index in [-0.39, 0.29) is 0 Å². The van der Waals surface area contributed by atoms with Crippen molar-refractivity contribution in [1.82, 2.24) is 4.31 Å². The van der Waals surface area contributed by atoms with Crippen molar-refractivity contribution in [2.24, 2.45) is 11.7 Å². The second-order valence-corrected chi connectivity index (χ2v) is 7.97. The number of thiophene rings is 1. The van der Waals surface area contributed by atoms with Gasteiger partial charge in [-0.1, -0.05) is 13.3 Å². The van der Waals surface area contributed by atoms with Crippen LogP contribution in [0.4, 0.5) is 0 Å². The highest BCUT2D eigenvalue weighted by Crippen LogP contribution is 2.31. The van der Waals surface area contributed by atoms with Crippen LogP contribution in [0.2, 0.25) is 0 Å². The average molecular weight is 302 g/mol. The minimum atomic E-state index is -3.36. The second kappa shape index (κ2) is 5.91. The highest BCUT2D eigenvalue weighted by molar-refractivity contribution is 7.89. The lowest BCUT2D eigenvalue weighted by Crippen LogP contribution is -2.38. The van der Waals surface area contributed by atoms with Crippen LogP contribution in [0.25, 0.3) is 0 Å². The Bertz CT molecular complexity index is 529. The zero-order valence-corrected chi connectivity index (χ0v) is 13.2. The molecule has 6 heteroatoms. The average Bonchev–Trinajstić information content (AvgIpc) is 2.80. The van der Waals surface area contributed by atoms with Crippen LogP contribution in [-0.4, -0.2) is 25.8 Å². The number of rotatable bonds is 4. The lowest BCUT2D eigenvalue weighted by Gasteiger charge is -2.31. The van der Waals surface area contributed by atoms with Gasteiger partial charge in [0.15, 0.2) is 0 Å². The van der Waals surface area contributed by atoms with Crippen LogP contribution >= 0.6 is 11.3 Å². The van der Waals surface area contributed by atoms with Crippen LogP contribution in [0.1, 0.15) is 36.6 Å². The molecule has 1 aromatic rings. The van der Waals surface area contributed by atoms with Gasteiger partial charge in [0.05, 0.1) is 0 Å². The van der Waals surface area contributed by atoms with Gasteiger partial charge in [0.25, 0.3) is 0 Å². The van der Waals surface area contributed by atoms with Crippen LogP contribution in [0, 0.1) is 12.8 Å². The van der Waals surface area contributed by atoms with Crippen molar-refractivity contribution in [3.8, 4) is 0 Å². The molecule has 2 N–H and O–H groups in total. The molecule has 0 unspecified atom stereocenters. The first-order valence-electron chi connectivity index (χ1n) is 6.77. The van der Waals surface area contributed by atoms with E-state index in [2.05, 4.69) is 6.92 Å². The van der Waals surface area contributed by atoms with Gasteiger partial charge in [-0.05, 0) is 36.6 Å². The fourth-order valence-corrected chi connectivity index (χ4v) is 5.78. The van der Waals surface area contributed by atoms with Gasteiger partial charge in [0, 0.05) is 24.5 Å². The number of hydrogen-bond acceptors (Lipinski definition) is 4. The summed E-state index contributed by atoms with van der Waals surface area (Å²) in [5.74, 6) is 0.670. The van der Waals surface area contributed by atoms with E-state index in [1.807, 2.05) is 12.3 Å². The van der Waals surface area contributed by atoms with E-state index in [9.17, 15) is 8.42 Å². The topological polar surface area (TPSA) is 63.4 Å². The van der Waals surface area contributed by atoms with Crippen molar-refractivity contribution >= 4 is 21.4 Å². The van der Waals surface area contributed by atoms with Crippen molar-refractivity contribution in [3.63, 3.8) is 0 Å². The molecule has 0 aromatic carbocycles. The van der Waals surface area contributed by atoms with Crippen molar-refractivity contribution < 1.29 is 8.42 Å². The monoisotopic (exact) mass is 302 g/mol. The summed E-state index contributed by atoms with van der Waals surface area (Å²) < 4.78 is 27.1. The smallest absolute Gasteiger partial charge is 0.244 e. The Morgan fingerprint density at radius 2 is 2.05 bits per heavy atom. The third kappa shape index (κ3) is 2.86. The molecule has 2 heterocycles. The molecule has 1 aliphatic heterocycles. The van der Waals surface area contributed by atoms with Gasteiger partial charge in [0.1, 0.15) is 4.90 Å². The van der Waals surface area contributed by atoms with Gasteiger partial charge >= 0.3 is 0 Å².